The van der Waals surface area contributed by atoms with E-state index in [1.807, 2.05) is 6.07 Å². The molecule has 18 heavy (non-hydrogen) atoms. The topological polar surface area (TPSA) is 72.5 Å². The predicted octanol–water partition coefficient (Wildman–Crippen LogP) is 1.87. The molecular weight excluding hydrogens is 254 g/mol. The van der Waals surface area contributed by atoms with Gasteiger partial charge in [0.05, 0.1) is 12.5 Å². The van der Waals surface area contributed by atoms with Crippen molar-refractivity contribution in [3.63, 3.8) is 0 Å². The molecule has 0 spiro atoms. The quantitative estimate of drug-likeness (QED) is 0.856. The van der Waals surface area contributed by atoms with E-state index in [4.69, 9.17) is 27.2 Å². The van der Waals surface area contributed by atoms with Crippen LogP contribution < -0.4 is 10.5 Å². The van der Waals surface area contributed by atoms with E-state index in [0.717, 1.165) is 23.3 Å². The zero-order valence-electron chi connectivity index (χ0n) is 9.99. The lowest BCUT2D eigenvalue weighted by Crippen LogP contribution is -2.20. The first-order valence-corrected chi connectivity index (χ1v) is 6.36. The van der Waals surface area contributed by atoms with Crippen molar-refractivity contribution >= 4 is 17.6 Å². The van der Waals surface area contributed by atoms with Gasteiger partial charge in [-0.15, -0.1) is 0 Å². The first-order valence-electron chi connectivity index (χ1n) is 5.98. The molecule has 3 N–H and O–H groups in total. The fourth-order valence-electron chi connectivity index (χ4n) is 2.28. The number of hydrogen-bond donors (Lipinski definition) is 2. The van der Waals surface area contributed by atoms with Gasteiger partial charge in [-0.05, 0) is 42.6 Å². The van der Waals surface area contributed by atoms with Crippen LogP contribution in [-0.2, 0) is 17.6 Å². The Kier molecular flexibility index (Phi) is 4.09. The molecule has 1 aromatic carbocycles. The molecule has 1 aliphatic rings. The first kappa shape index (κ1) is 13.2. The van der Waals surface area contributed by atoms with Crippen molar-refractivity contribution in [2.75, 3.05) is 13.2 Å². The summed E-state index contributed by atoms with van der Waals surface area (Å²) in [4.78, 5) is 11.1. The van der Waals surface area contributed by atoms with Crippen molar-refractivity contribution < 1.29 is 14.6 Å². The van der Waals surface area contributed by atoms with Crippen molar-refractivity contribution in [3.8, 4) is 5.75 Å². The second-order valence-corrected chi connectivity index (χ2v) is 4.90. The molecule has 1 unspecified atom stereocenters. The SMILES string of the molecule is NCCC(Cc1cc(Cl)cc2c1OCC2)C(=O)O. The van der Waals surface area contributed by atoms with E-state index < -0.39 is 11.9 Å². The van der Waals surface area contributed by atoms with Gasteiger partial charge in [0.1, 0.15) is 5.75 Å². The summed E-state index contributed by atoms with van der Waals surface area (Å²) in [5, 5.41) is 9.78. The molecule has 0 fully saturated rings. The molecule has 0 aliphatic carbocycles. The molecule has 0 bridgehead atoms. The summed E-state index contributed by atoms with van der Waals surface area (Å²) in [6.07, 6.45) is 1.70. The van der Waals surface area contributed by atoms with Gasteiger partial charge < -0.3 is 15.6 Å². The third-order valence-electron chi connectivity index (χ3n) is 3.16. The summed E-state index contributed by atoms with van der Waals surface area (Å²) >= 11 is 6.04. The third kappa shape index (κ3) is 2.76. The molecule has 2 rings (SSSR count). The highest BCUT2D eigenvalue weighted by molar-refractivity contribution is 6.30. The number of benzene rings is 1. The van der Waals surface area contributed by atoms with Crippen LogP contribution >= 0.6 is 11.6 Å². The van der Waals surface area contributed by atoms with Crippen molar-refractivity contribution in [1.82, 2.24) is 0 Å². The summed E-state index contributed by atoms with van der Waals surface area (Å²) < 4.78 is 5.56. The van der Waals surface area contributed by atoms with Crippen molar-refractivity contribution in [2.24, 2.45) is 11.7 Å². The summed E-state index contributed by atoms with van der Waals surface area (Å²) in [5.74, 6) is -0.503. The minimum Gasteiger partial charge on any atom is -0.493 e. The Balaban J connectivity index is 2.25. The maximum Gasteiger partial charge on any atom is 0.306 e. The number of aliphatic carboxylic acids is 1. The van der Waals surface area contributed by atoms with E-state index in [1.54, 1.807) is 6.07 Å². The summed E-state index contributed by atoms with van der Waals surface area (Å²) in [5.41, 5.74) is 7.38. The minimum absolute atomic E-state index is 0.362. The van der Waals surface area contributed by atoms with Gasteiger partial charge in [-0.3, -0.25) is 4.79 Å². The number of ether oxygens (including phenoxy) is 1. The van der Waals surface area contributed by atoms with Crippen LogP contribution in [0.25, 0.3) is 0 Å². The van der Waals surface area contributed by atoms with Gasteiger partial charge in [-0.25, -0.2) is 0 Å². The van der Waals surface area contributed by atoms with Crippen LogP contribution in [0.3, 0.4) is 0 Å². The Morgan fingerprint density at radius 3 is 3.00 bits per heavy atom. The molecule has 1 atom stereocenters. The van der Waals surface area contributed by atoms with Gasteiger partial charge in [-0.1, -0.05) is 11.6 Å². The van der Waals surface area contributed by atoms with Gasteiger partial charge in [0.25, 0.3) is 0 Å². The van der Waals surface area contributed by atoms with Gasteiger partial charge in [0.15, 0.2) is 0 Å². The maximum absolute atomic E-state index is 11.1. The average molecular weight is 270 g/mol. The third-order valence-corrected chi connectivity index (χ3v) is 3.37. The number of carboxylic acids is 1. The second-order valence-electron chi connectivity index (χ2n) is 4.47. The largest absolute Gasteiger partial charge is 0.493 e. The lowest BCUT2D eigenvalue weighted by molar-refractivity contribution is -0.141. The highest BCUT2D eigenvalue weighted by atomic mass is 35.5. The van der Waals surface area contributed by atoms with Crippen LogP contribution in [0.15, 0.2) is 12.1 Å². The zero-order valence-corrected chi connectivity index (χ0v) is 10.7. The van der Waals surface area contributed by atoms with Crippen molar-refractivity contribution in [2.45, 2.75) is 19.3 Å². The normalized spacial score (nSPS) is 15.0. The lowest BCUT2D eigenvalue weighted by atomic mass is 9.94. The minimum atomic E-state index is -0.827. The van der Waals surface area contributed by atoms with Gasteiger partial charge in [0, 0.05) is 11.4 Å². The Morgan fingerprint density at radius 1 is 1.56 bits per heavy atom. The summed E-state index contributed by atoms with van der Waals surface area (Å²) in [6, 6.07) is 3.67. The Hall–Kier alpha value is -1.26. The van der Waals surface area contributed by atoms with E-state index in [2.05, 4.69) is 0 Å². The van der Waals surface area contributed by atoms with Crippen LogP contribution in [0.4, 0.5) is 0 Å². The van der Waals surface area contributed by atoms with Crippen LogP contribution in [0.1, 0.15) is 17.5 Å². The number of fused-ring (bicyclic) bond motifs is 1. The molecule has 0 amide bonds. The van der Waals surface area contributed by atoms with Crippen molar-refractivity contribution in [3.05, 3.63) is 28.3 Å². The highest BCUT2D eigenvalue weighted by Crippen LogP contribution is 2.34. The van der Waals surface area contributed by atoms with Crippen LogP contribution in [0, 0.1) is 5.92 Å². The molecule has 5 heteroatoms. The molecule has 98 valence electrons. The van der Waals surface area contributed by atoms with Gasteiger partial charge >= 0.3 is 5.97 Å². The monoisotopic (exact) mass is 269 g/mol. The van der Waals surface area contributed by atoms with E-state index in [0.29, 0.717) is 31.0 Å². The van der Waals surface area contributed by atoms with E-state index >= 15 is 0 Å². The Labute approximate surface area is 111 Å². The Bertz CT molecular complexity index is 462. The molecule has 1 aromatic rings. The molecule has 0 aromatic heterocycles. The lowest BCUT2D eigenvalue weighted by Gasteiger charge is -2.14. The zero-order chi connectivity index (χ0) is 13.1. The summed E-state index contributed by atoms with van der Waals surface area (Å²) in [7, 11) is 0. The number of nitrogens with two attached hydrogens (primary N) is 1. The highest BCUT2D eigenvalue weighted by Gasteiger charge is 2.23. The fraction of sp³-hybridized carbons (Fsp3) is 0.462. The van der Waals surface area contributed by atoms with Crippen LogP contribution in [0.2, 0.25) is 5.02 Å². The smallest absolute Gasteiger partial charge is 0.306 e. The molecule has 0 saturated carbocycles. The number of hydrogen-bond acceptors (Lipinski definition) is 3. The number of carboxylic acid groups (broad SMARTS) is 1. The number of carbonyl (C=O) groups is 1. The van der Waals surface area contributed by atoms with Crippen molar-refractivity contribution in [1.29, 1.82) is 0 Å². The standard InChI is InChI=1S/C13H16ClNO3/c14-11-6-8-2-4-18-12(8)10(7-11)5-9(1-3-15)13(16)17/h6-7,9H,1-5,15H2,(H,16,17). The van der Waals surface area contributed by atoms with Crippen LogP contribution in [0.5, 0.6) is 5.75 Å². The molecule has 0 saturated heterocycles. The van der Waals surface area contributed by atoms with E-state index in [1.165, 1.54) is 0 Å². The van der Waals surface area contributed by atoms with Gasteiger partial charge in [-0.2, -0.15) is 0 Å². The fourth-order valence-corrected chi connectivity index (χ4v) is 2.54. The maximum atomic E-state index is 11.1. The molecule has 1 heterocycles. The number of rotatable bonds is 5. The summed E-state index contributed by atoms with van der Waals surface area (Å²) in [6.45, 7) is 0.998. The molecule has 1 aliphatic heterocycles. The molecule has 0 radical (unpaired) electrons. The predicted molar refractivity (Wildman–Crippen MR) is 69.2 cm³/mol. The number of halogens is 1. The van der Waals surface area contributed by atoms with Crippen LogP contribution in [-0.4, -0.2) is 24.2 Å². The average Bonchev–Trinajstić information content (AvgIpc) is 2.76. The second kappa shape index (κ2) is 5.59. The van der Waals surface area contributed by atoms with Gasteiger partial charge in [0.2, 0.25) is 0 Å². The first-order chi connectivity index (χ1) is 8.61. The van der Waals surface area contributed by atoms with E-state index in [-0.39, 0.29) is 0 Å². The Morgan fingerprint density at radius 2 is 2.33 bits per heavy atom. The molecule has 4 nitrogen and oxygen atoms in total. The van der Waals surface area contributed by atoms with E-state index in [9.17, 15) is 4.79 Å². The molecular formula is C13H16ClNO3.